The molecule has 0 N–H and O–H groups in total. The maximum atomic E-state index is 12.2. The summed E-state index contributed by atoms with van der Waals surface area (Å²) in [5.41, 5.74) is 2.49. The summed E-state index contributed by atoms with van der Waals surface area (Å²) in [6, 6.07) is 12.6. The van der Waals surface area contributed by atoms with E-state index in [0.717, 1.165) is 24.2 Å². The number of nitrogens with zero attached hydrogens (tertiary/aromatic N) is 1. The number of rotatable bonds is 5. The number of hydrogen-bond donors (Lipinski definition) is 0. The fraction of sp³-hybridized carbons (Fsp3) is 0.333. The maximum absolute atomic E-state index is 12.2. The van der Waals surface area contributed by atoms with Gasteiger partial charge in [0.05, 0.1) is 12.2 Å². The average Bonchev–Trinajstić information content (AvgIpc) is 2.89. The lowest BCUT2D eigenvalue weighted by Crippen LogP contribution is -2.36. The SMILES string of the molecule is CCCCOc1c(C=C2N(C)c3ccc4ccccc4c3C2(C)C)c(=O)c1=O. The third-order valence-corrected chi connectivity index (χ3v) is 5.82. The minimum atomic E-state index is -0.510. The summed E-state index contributed by atoms with van der Waals surface area (Å²) < 4.78 is 5.62. The first-order valence-electron chi connectivity index (χ1n) is 9.82. The van der Waals surface area contributed by atoms with Gasteiger partial charge < -0.3 is 9.64 Å². The van der Waals surface area contributed by atoms with Crippen LogP contribution in [0.25, 0.3) is 16.8 Å². The van der Waals surface area contributed by atoms with E-state index < -0.39 is 10.9 Å². The Morgan fingerprint density at radius 1 is 1.07 bits per heavy atom. The number of allylic oxidation sites excluding steroid dienone is 1. The Morgan fingerprint density at radius 3 is 2.57 bits per heavy atom. The first kappa shape index (κ1) is 18.5. The zero-order chi connectivity index (χ0) is 20.1. The largest absolute Gasteiger partial charge is 0.489 e. The van der Waals surface area contributed by atoms with Crippen molar-refractivity contribution in [2.45, 2.75) is 39.0 Å². The second-order valence-corrected chi connectivity index (χ2v) is 8.00. The topological polar surface area (TPSA) is 46.6 Å². The fourth-order valence-electron chi connectivity index (χ4n) is 4.27. The lowest BCUT2D eigenvalue weighted by Gasteiger charge is -2.25. The standard InChI is InChI=1S/C24H25NO3/c1-5-6-13-28-23-17(21(26)22(23)27)14-19-24(2,3)20-16-10-8-7-9-15(16)11-12-18(20)25(19)4/h7-12,14H,5-6,13H2,1-4H3. The first-order valence-corrected chi connectivity index (χ1v) is 9.82. The molecule has 3 aromatic rings. The highest BCUT2D eigenvalue weighted by Crippen LogP contribution is 2.50. The fourth-order valence-corrected chi connectivity index (χ4v) is 4.27. The van der Waals surface area contributed by atoms with Crippen LogP contribution in [0.4, 0.5) is 5.69 Å². The van der Waals surface area contributed by atoms with Crippen molar-refractivity contribution < 1.29 is 4.74 Å². The molecule has 28 heavy (non-hydrogen) atoms. The van der Waals surface area contributed by atoms with Crippen LogP contribution in [0.2, 0.25) is 0 Å². The summed E-state index contributed by atoms with van der Waals surface area (Å²) in [6.07, 6.45) is 3.68. The van der Waals surface area contributed by atoms with E-state index >= 15 is 0 Å². The van der Waals surface area contributed by atoms with Crippen LogP contribution in [0.5, 0.6) is 5.75 Å². The van der Waals surface area contributed by atoms with Crippen molar-refractivity contribution in [3.63, 3.8) is 0 Å². The van der Waals surface area contributed by atoms with Gasteiger partial charge in [-0.1, -0.05) is 57.5 Å². The van der Waals surface area contributed by atoms with Crippen molar-refractivity contribution in [2.75, 3.05) is 18.6 Å². The van der Waals surface area contributed by atoms with Crippen molar-refractivity contribution in [1.29, 1.82) is 0 Å². The second-order valence-electron chi connectivity index (χ2n) is 8.00. The molecule has 0 spiro atoms. The van der Waals surface area contributed by atoms with Crippen molar-refractivity contribution in [3.8, 4) is 5.75 Å². The molecule has 0 unspecified atom stereocenters. The highest BCUT2D eigenvalue weighted by Gasteiger charge is 2.40. The molecule has 1 aliphatic rings. The highest BCUT2D eigenvalue weighted by atomic mass is 16.5. The van der Waals surface area contributed by atoms with Gasteiger partial charge in [0, 0.05) is 23.8 Å². The van der Waals surface area contributed by atoms with Crippen LogP contribution in [0, 0.1) is 0 Å². The molecule has 0 aromatic heterocycles. The Kier molecular flexibility index (Phi) is 4.37. The van der Waals surface area contributed by atoms with Gasteiger partial charge in [-0.15, -0.1) is 0 Å². The highest BCUT2D eigenvalue weighted by molar-refractivity contribution is 5.95. The summed E-state index contributed by atoms with van der Waals surface area (Å²) in [7, 11) is 2.01. The van der Waals surface area contributed by atoms with E-state index in [1.54, 1.807) is 0 Å². The van der Waals surface area contributed by atoms with Crippen LogP contribution in [0.15, 0.2) is 51.7 Å². The first-order chi connectivity index (χ1) is 13.4. The molecule has 4 heteroatoms. The second kappa shape index (κ2) is 6.62. The summed E-state index contributed by atoms with van der Waals surface area (Å²) in [5.74, 6) is 0.218. The van der Waals surface area contributed by atoms with E-state index in [1.165, 1.54) is 16.3 Å². The Balaban J connectivity index is 1.82. The molecule has 1 heterocycles. The summed E-state index contributed by atoms with van der Waals surface area (Å²) >= 11 is 0. The van der Waals surface area contributed by atoms with E-state index in [4.69, 9.17) is 4.74 Å². The predicted octanol–water partition coefficient (Wildman–Crippen LogP) is 4.38. The lowest BCUT2D eigenvalue weighted by atomic mass is 9.80. The Bertz CT molecular complexity index is 1160. The number of fused-ring (bicyclic) bond motifs is 3. The van der Waals surface area contributed by atoms with Gasteiger partial charge in [0.2, 0.25) is 5.43 Å². The number of anilines is 1. The average molecular weight is 375 g/mol. The Labute approximate surface area is 164 Å². The Morgan fingerprint density at radius 2 is 1.82 bits per heavy atom. The van der Waals surface area contributed by atoms with Gasteiger partial charge >= 0.3 is 0 Å². The molecule has 4 nitrogen and oxygen atoms in total. The van der Waals surface area contributed by atoms with E-state index in [-0.39, 0.29) is 11.2 Å². The molecule has 0 atom stereocenters. The van der Waals surface area contributed by atoms with Crippen LogP contribution in [0.1, 0.15) is 44.7 Å². The van der Waals surface area contributed by atoms with Crippen LogP contribution >= 0.6 is 0 Å². The molecular formula is C24H25NO3. The van der Waals surface area contributed by atoms with Gasteiger partial charge in [0.15, 0.2) is 5.75 Å². The van der Waals surface area contributed by atoms with Crippen molar-refractivity contribution in [1.82, 2.24) is 0 Å². The molecule has 0 bridgehead atoms. The van der Waals surface area contributed by atoms with Crippen molar-refractivity contribution in [3.05, 3.63) is 73.7 Å². The van der Waals surface area contributed by atoms with E-state index in [1.807, 2.05) is 19.2 Å². The molecule has 0 amide bonds. The Hall–Kier alpha value is -2.88. The molecule has 0 saturated carbocycles. The van der Waals surface area contributed by atoms with Gasteiger partial charge in [-0.3, -0.25) is 9.59 Å². The minimum Gasteiger partial charge on any atom is -0.489 e. The van der Waals surface area contributed by atoms with Gasteiger partial charge in [-0.2, -0.15) is 0 Å². The van der Waals surface area contributed by atoms with Crippen LogP contribution in [-0.4, -0.2) is 13.7 Å². The molecule has 0 saturated heterocycles. The number of ether oxygens (including phenoxy) is 1. The van der Waals surface area contributed by atoms with Crippen LogP contribution in [0.3, 0.4) is 0 Å². The van der Waals surface area contributed by atoms with E-state index in [0.29, 0.717) is 12.2 Å². The summed E-state index contributed by atoms with van der Waals surface area (Å²) in [5, 5.41) is 2.41. The van der Waals surface area contributed by atoms with Gasteiger partial charge in [-0.25, -0.2) is 0 Å². The predicted molar refractivity (Wildman–Crippen MR) is 115 cm³/mol. The van der Waals surface area contributed by atoms with Gasteiger partial charge in [0.1, 0.15) is 0 Å². The molecule has 0 aliphatic carbocycles. The van der Waals surface area contributed by atoms with Crippen molar-refractivity contribution in [2.24, 2.45) is 0 Å². The van der Waals surface area contributed by atoms with Crippen LogP contribution in [-0.2, 0) is 5.41 Å². The van der Waals surface area contributed by atoms with Gasteiger partial charge in [0.25, 0.3) is 5.43 Å². The molecule has 0 fully saturated rings. The molecule has 3 aromatic carbocycles. The normalized spacial score (nSPS) is 16.9. The third kappa shape index (κ3) is 2.59. The summed E-state index contributed by atoms with van der Waals surface area (Å²) in [6.45, 7) is 6.85. The summed E-state index contributed by atoms with van der Waals surface area (Å²) in [4.78, 5) is 26.4. The molecule has 1 aliphatic heterocycles. The maximum Gasteiger partial charge on any atom is 0.268 e. The third-order valence-electron chi connectivity index (χ3n) is 5.82. The van der Waals surface area contributed by atoms with Crippen LogP contribution < -0.4 is 20.5 Å². The van der Waals surface area contributed by atoms with E-state index in [9.17, 15) is 9.59 Å². The molecular weight excluding hydrogens is 350 g/mol. The zero-order valence-corrected chi connectivity index (χ0v) is 16.8. The lowest BCUT2D eigenvalue weighted by molar-refractivity contribution is 0.302. The molecule has 144 valence electrons. The smallest absolute Gasteiger partial charge is 0.268 e. The quantitative estimate of drug-likeness (QED) is 0.490. The van der Waals surface area contributed by atoms with Crippen molar-refractivity contribution >= 4 is 22.5 Å². The number of likely N-dealkylation sites (N-methyl/N-ethyl adjacent to an activating group) is 1. The molecule has 0 radical (unpaired) electrons. The molecule has 4 rings (SSSR count). The number of hydrogen-bond acceptors (Lipinski definition) is 4. The number of benzene rings is 2. The zero-order valence-electron chi connectivity index (χ0n) is 16.8. The van der Waals surface area contributed by atoms with Gasteiger partial charge in [-0.05, 0) is 34.9 Å². The number of unbranched alkanes of at least 4 members (excludes halogenated alkanes) is 1. The monoisotopic (exact) mass is 375 g/mol. The minimum absolute atomic E-state index is 0.218. The van der Waals surface area contributed by atoms with E-state index in [2.05, 4.69) is 56.0 Å².